The van der Waals surface area contributed by atoms with E-state index in [9.17, 15) is 18.3 Å². The van der Waals surface area contributed by atoms with E-state index in [1.54, 1.807) is 19.1 Å². The van der Waals surface area contributed by atoms with Crippen molar-refractivity contribution in [3.63, 3.8) is 0 Å². The number of hydrogen-bond acceptors (Lipinski definition) is 2. The molecule has 0 saturated carbocycles. The Balaban J connectivity index is 0.00000256. The van der Waals surface area contributed by atoms with Crippen LogP contribution in [0.1, 0.15) is 30.0 Å². The number of phenols is 1. The largest absolute Gasteiger partial charge is 0.508 e. The molecule has 1 atom stereocenters. The van der Waals surface area contributed by atoms with Crippen LogP contribution in [0, 0.1) is 6.92 Å². The lowest BCUT2D eigenvalue weighted by Gasteiger charge is -2.15. The third-order valence-electron chi connectivity index (χ3n) is 2.32. The van der Waals surface area contributed by atoms with Gasteiger partial charge in [0.05, 0.1) is 0 Å². The Labute approximate surface area is 104 Å². The van der Waals surface area contributed by atoms with Crippen LogP contribution >= 0.6 is 12.4 Å². The van der Waals surface area contributed by atoms with Gasteiger partial charge in [0, 0.05) is 18.0 Å². The van der Waals surface area contributed by atoms with Crippen LogP contribution in [-0.2, 0) is 0 Å². The zero-order valence-corrected chi connectivity index (χ0v) is 10.1. The van der Waals surface area contributed by atoms with Crippen molar-refractivity contribution < 1.29 is 18.3 Å². The molecule has 0 aliphatic heterocycles. The van der Waals surface area contributed by atoms with Crippen LogP contribution in [0.3, 0.4) is 0 Å². The SMILES string of the molecule is Cc1ccc(O)c([C@@H](N)CCC(F)(F)F)c1.Cl. The number of phenolic OH excluding ortho intramolecular Hbond substituents is 1. The summed E-state index contributed by atoms with van der Waals surface area (Å²) in [5.74, 6) is -0.0553. The molecule has 6 heteroatoms. The normalized spacial score (nSPS) is 13.0. The summed E-state index contributed by atoms with van der Waals surface area (Å²) in [5, 5.41) is 9.47. The number of nitrogens with two attached hydrogens (primary N) is 1. The molecule has 0 spiro atoms. The van der Waals surface area contributed by atoms with E-state index in [0.29, 0.717) is 5.56 Å². The highest BCUT2D eigenvalue weighted by atomic mass is 35.5. The Kier molecular flexibility index (Phi) is 5.78. The summed E-state index contributed by atoms with van der Waals surface area (Å²) in [6.07, 6.45) is -5.38. The topological polar surface area (TPSA) is 46.2 Å². The molecule has 0 bridgehead atoms. The van der Waals surface area contributed by atoms with Gasteiger partial charge < -0.3 is 10.8 Å². The highest BCUT2D eigenvalue weighted by Gasteiger charge is 2.28. The predicted molar refractivity (Wildman–Crippen MR) is 62.3 cm³/mol. The molecule has 0 aromatic heterocycles. The minimum Gasteiger partial charge on any atom is -0.508 e. The lowest BCUT2D eigenvalue weighted by Crippen LogP contribution is -2.16. The third kappa shape index (κ3) is 5.28. The van der Waals surface area contributed by atoms with Gasteiger partial charge in [-0.05, 0) is 19.4 Å². The van der Waals surface area contributed by atoms with E-state index in [1.807, 2.05) is 0 Å². The monoisotopic (exact) mass is 269 g/mol. The number of aromatic hydroxyl groups is 1. The number of hydrogen-bond donors (Lipinski definition) is 2. The van der Waals surface area contributed by atoms with Gasteiger partial charge in [-0.25, -0.2) is 0 Å². The molecule has 0 heterocycles. The zero-order valence-electron chi connectivity index (χ0n) is 9.29. The molecular formula is C11H15ClF3NO. The van der Waals surface area contributed by atoms with Crippen molar-refractivity contribution in [1.29, 1.82) is 0 Å². The van der Waals surface area contributed by atoms with Crippen LogP contribution in [0.5, 0.6) is 5.75 Å². The second kappa shape index (κ2) is 6.12. The van der Waals surface area contributed by atoms with E-state index < -0.39 is 18.6 Å². The van der Waals surface area contributed by atoms with E-state index in [4.69, 9.17) is 5.73 Å². The second-order valence-corrected chi connectivity index (χ2v) is 3.82. The number of halogens is 4. The molecule has 0 radical (unpaired) electrons. The van der Waals surface area contributed by atoms with Crippen molar-refractivity contribution in [2.24, 2.45) is 5.73 Å². The van der Waals surface area contributed by atoms with Crippen LogP contribution in [-0.4, -0.2) is 11.3 Å². The van der Waals surface area contributed by atoms with E-state index in [2.05, 4.69) is 0 Å². The molecule has 0 saturated heterocycles. The van der Waals surface area contributed by atoms with Crippen molar-refractivity contribution in [3.8, 4) is 5.75 Å². The third-order valence-corrected chi connectivity index (χ3v) is 2.32. The van der Waals surface area contributed by atoms with Crippen molar-refractivity contribution in [2.75, 3.05) is 0 Å². The van der Waals surface area contributed by atoms with Crippen molar-refractivity contribution in [3.05, 3.63) is 29.3 Å². The first-order valence-electron chi connectivity index (χ1n) is 4.91. The lowest BCUT2D eigenvalue weighted by molar-refractivity contribution is -0.136. The van der Waals surface area contributed by atoms with Gasteiger partial charge >= 0.3 is 6.18 Å². The second-order valence-electron chi connectivity index (χ2n) is 3.82. The van der Waals surface area contributed by atoms with E-state index in [-0.39, 0.29) is 24.6 Å². The molecule has 0 unspecified atom stereocenters. The van der Waals surface area contributed by atoms with Gasteiger partial charge in [0.15, 0.2) is 0 Å². The van der Waals surface area contributed by atoms with Gasteiger partial charge in [0.25, 0.3) is 0 Å². The Morgan fingerprint density at radius 3 is 2.47 bits per heavy atom. The maximum atomic E-state index is 12.0. The summed E-state index contributed by atoms with van der Waals surface area (Å²) in [6.45, 7) is 1.79. The van der Waals surface area contributed by atoms with Gasteiger partial charge in [0.1, 0.15) is 5.75 Å². The van der Waals surface area contributed by atoms with Crippen LogP contribution < -0.4 is 5.73 Å². The zero-order chi connectivity index (χ0) is 12.3. The smallest absolute Gasteiger partial charge is 0.389 e. The van der Waals surface area contributed by atoms with E-state index in [1.165, 1.54) is 6.07 Å². The maximum Gasteiger partial charge on any atom is 0.389 e. The number of alkyl halides is 3. The van der Waals surface area contributed by atoms with Gasteiger partial charge in [-0.1, -0.05) is 17.7 Å². The van der Waals surface area contributed by atoms with Crippen LogP contribution in [0.4, 0.5) is 13.2 Å². The molecule has 1 rings (SSSR count). The summed E-state index contributed by atoms with van der Waals surface area (Å²) in [6, 6.07) is 3.94. The number of benzene rings is 1. The highest BCUT2D eigenvalue weighted by molar-refractivity contribution is 5.85. The van der Waals surface area contributed by atoms with E-state index in [0.717, 1.165) is 5.56 Å². The Morgan fingerprint density at radius 1 is 1.35 bits per heavy atom. The molecule has 0 amide bonds. The van der Waals surface area contributed by atoms with E-state index >= 15 is 0 Å². The van der Waals surface area contributed by atoms with Crippen molar-refractivity contribution in [1.82, 2.24) is 0 Å². The van der Waals surface area contributed by atoms with Gasteiger partial charge in [-0.2, -0.15) is 13.2 Å². The Hall–Kier alpha value is -0.940. The molecule has 0 aliphatic rings. The first-order chi connectivity index (χ1) is 7.29. The average Bonchev–Trinajstić information content (AvgIpc) is 2.17. The molecular weight excluding hydrogens is 255 g/mol. The van der Waals surface area contributed by atoms with Crippen LogP contribution in [0.15, 0.2) is 18.2 Å². The lowest BCUT2D eigenvalue weighted by atomic mass is 10.00. The van der Waals surface area contributed by atoms with Crippen LogP contribution in [0.25, 0.3) is 0 Å². The fourth-order valence-electron chi connectivity index (χ4n) is 1.45. The average molecular weight is 270 g/mol. The first-order valence-corrected chi connectivity index (χ1v) is 4.91. The molecule has 98 valence electrons. The summed E-state index contributed by atoms with van der Waals surface area (Å²) in [7, 11) is 0. The summed E-state index contributed by atoms with van der Waals surface area (Å²) in [4.78, 5) is 0. The molecule has 1 aromatic carbocycles. The van der Waals surface area contributed by atoms with Crippen molar-refractivity contribution in [2.45, 2.75) is 32.0 Å². The van der Waals surface area contributed by atoms with Gasteiger partial charge in [-0.3, -0.25) is 0 Å². The molecule has 17 heavy (non-hydrogen) atoms. The Bertz CT molecular complexity index is 368. The molecule has 0 fully saturated rings. The molecule has 2 nitrogen and oxygen atoms in total. The van der Waals surface area contributed by atoms with Gasteiger partial charge in [0.2, 0.25) is 0 Å². The maximum absolute atomic E-state index is 12.0. The number of aryl methyl sites for hydroxylation is 1. The Morgan fingerprint density at radius 2 is 1.94 bits per heavy atom. The fraction of sp³-hybridized carbons (Fsp3) is 0.455. The molecule has 3 N–H and O–H groups in total. The fourth-order valence-corrected chi connectivity index (χ4v) is 1.45. The first kappa shape index (κ1) is 16.1. The highest BCUT2D eigenvalue weighted by Crippen LogP contribution is 2.30. The molecule has 0 aliphatic carbocycles. The van der Waals surface area contributed by atoms with Crippen molar-refractivity contribution >= 4 is 12.4 Å². The minimum absolute atomic E-state index is 0. The van der Waals surface area contributed by atoms with Crippen LogP contribution in [0.2, 0.25) is 0 Å². The van der Waals surface area contributed by atoms with Gasteiger partial charge in [-0.15, -0.1) is 12.4 Å². The number of rotatable bonds is 3. The quantitative estimate of drug-likeness (QED) is 0.883. The standard InChI is InChI=1S/C11H14F3NO.ClH/c1-7-2-3-10(16)8(6-7)9(15)4-5-11(12,13)14;/h2-3,6,9,16H,4-5,15H2,1H3;1H/t9-;/m0./s1. The summed E-state index contributed by atoms with van der Waals surface area (Å²) >= 11 is 0. The summed E-state index contributed by atoms with van der Waals surface area (Å²) in [5.41, 5.74) is 6.83. The minimum atomic E-state index is -4.21. The summed E-state index contributed by atoms with van der Waals surface area (Å²) < 4.78 is 36.0. The molecule has 1 aromatic rings. The predicted octanol–water partition coefficient (Wildman–Crippen LogP) is 3.46.